The second kappa shape index (κ2) is 6.25. The minimum absolute atomic E-state index is 0.0143. The largest absolute Gasteiger partial charge is 0.337 e. The summed E-state index contributed by atoms with van der Waals surface area (Å²) in [6, 6.07) is 0. The van der Waals surface area contributed by atoms with Crippen molar-refractivity contribution >= 4 is 5.91 Å². The van der Waals surface area contributed by atoms with Crippen LogP contribution in [0.4, 0.5) is 0 Å². The first kappa shape index (κ1) is 14.7. The maximum absolute atomic E-state index is 12.5. The second-order valence-electron chi connectivity index (χ2n) is 5.93. The molecule has 116 valence electrons. The summed E-state index contributed by atoms with van der Waals surface area (Å²) in [5.41, 5.74) is 1.26. The zero-order valence-electron chi connectivity index (χ0n) is 13.1. The SMILES string of the molecule is Cc1cnc(C(=O)N2CCC[C@@H](Cn3ccnc3C)C2)cn1. The third-order valence-corrected chi connectivity index (χ3v) is 4.18. The standard InChI is InChI=1S/C16H21N5O/c1-12-8-19-15(9-18-12)16(22)21-6-3-4-14(11-21)10-20-7-5-17-13(20)2/h5,7-9,14H,3-4,6,10-11H2,1-2H3/t14-/m0/s1. The average molecular weight is 299 g/mol. The number of aryl methyl sites for hydroxylation is 2. The second-order valence-corrected chi connectivity index (χ2v) is 5.93. The molecule has 6 nitrogen and oxygen atoms in total. The molecule has 6 heteroatoms. The third-order valence-electron chi connectivity index (χ3n) is 4.18. The quantitative estimate of drug-likeness (QED) is 0.867. The van der Waals surface area contributed by atoms with Crippen LogP contribution in [0, 0.1) is 19.8 Å². The fourth-order valence-electron chi connectivity index (χ4n) is 2.94. The minimum Gasteiger partial charge on any atom is -0.337 e. The highest BCUT2D eigenvalue weighted by Gasteiger charge is 2.25. The Kier molecular flexibility index (Phi) is 4.18. The van der Waals surface area contributed by atoms with Crippen LogP contribution < -0.4 is 0 Å². The first-order chi connectivity index (χ1) is 10.6. The molecule has 0 N–H and O–H groups in total. The number of likely N-dealkylation sites (tertiary alicyclic amines) is 1. The molecule has 0 bridgehead atoms. The fourth-order valence-corrected chi connectivity index (χ4v) is 2.94. The van der Waals surface area contributed by atoms with Crippen molar-refractivity contribution < 1.29 is 4.79 Å². The van der Waals surface area contributed by atoms with E-state index in [1.165, 1.54) is 0 Å². The molecular formula is C16H21N5O. The monoisotopic (exact) mass is 299 g/mol. The molecule has 3 rings (SSSR count). The summed E-state index contributed by atoms with van der Waals surface area (Å²) in [5.74, 6) is 1.47. The van der Waals surface area contributed by atoms with E-state index >= 15 is 0 Å². The number of rotatable bonds is 3. The molecule has 1 aliphatic rings. The molecule has 0 radical (unpaired) electrons. The van der Waals surface area contributed by atoms with E-state index in [-0.39, 0.29) is 5.91 Å². The maximum atomic E-state index is 12.5. The number of amides is 1. The number of hydrogen-bond acceptors (Lipinski definition) is 4. The molecule has 22 heavy (non-hydrogen) atoms. The van der Waals surface area contributed by atoms with Crippen LogP contribution in [0.1, 0.15) is 34.8 Å². The highest BCUT2D eigenvalue weighted by Crippen LogP contribution is 2.20. The van der Waals surface area contributed by atoms with E-state index < -0.39 is 0 Å². The van der Waals surface area contributed by atoms with E-state index in [0.717, 1.165) is 44.0 Å². The van der Waals surface area contributed by atoms with Gasteiger partial charge in [0.05, 0.1) is 11.9 Å². The summed E-state index contributed by atoms with van der Waals surface area (Å²) in [6.07, 6.45) is 9.21. The lowest BCUT2D eigenvalue weighted by Crippen LogP contribution is -2.41. The van der Waals surface area contributed by atoms with Crippen LogP contribution in [0.25, 0.3) is 0 Å². The molecule has 0 saturated carbocycles. The van der Waals surface area contributed by atoms with Gasteiger partial charge in [-0.15, -0.1) is 0 Å². The molecule has 1 fully saturated rings. The summed E-state index contributed by atoms with van der Waals surface area (Å²) >= 11 is 0. The van der Waals surface area contributed by atoms with E-state index in [0.29, 0.717) is 11.6 Å². The van der Waals surface area contributed by atoms with E-state index in [1.54, 1.807) is 12.4 Å². The Hall–Kier alpha value is -2.24. The molecule has 1 amide bonds. The molecule has 2 aromatic heterocycles. The Morgan fingerprint density at radius 1 is 1.27 bits per heavy atom. The van der Waals surface area contributed by atoms with E-state index in [2.05, 4.69) is 19.5 Å². The number of piperidine rings is 1. The van der Waals surface area contributed by atoms with Gasteiger partial charge >= 0.3 is 0 Å². The predicted molar refractivity (Wildman–Crippen MR) is 82.4 cm³/mol. The van der Waals surface area contributed by atoms with Crippen molar-refractivity contribution in [3.8, 4) is 0 Å². The number of hydrogen-bond donors (Lipinski definition) is 0. The number of nitrogens with zero attached hydrogens (tertiary/aromatic N) is 5. The van der Waals surface area contributed by atoms with Gasteiger partial charge in [0.1, 0.15) is 11.5 Å². The highest BCUT2D eigenvalue weighted by molar-refractivity contribution is 5.92. The van der Waals surface area contributed by atoms with Crippen LogP contribution in [0.5, 0.6) is 0 Å². The molecule has 1 saturated heterocycles. The topological polar surface area (TPSA) is 63.9 Å². The van der Waals surface area contributed by atoms with Crippen molar-refractivity contribution in [2.45, 2.75) is 33.2 Å². The van der Waals surface area contributed by atoms with Crippen LogP contribution in [0.2, 0.25) is 0 Å². The Morgan fingerprint density at radius 2 is 2.14 bits per heavy atom. The van der Waals surface area contributed by atoms with Crippen LogP contribution in [0.15, 0.2) is 24.8 Å². The van der Waals surface area contributed by atoms with Gasteiger partial charge in [0, 0.05) is 38.2 Å². The smallest absolute Gasteiger partial charge is 0.274 e. The first-order valence-electron chi connectivity index (χ1n) is 7.69. The third kappa shape index (κ3) is 3.16. The molecule has 0 unspecified atom stereocenters. The van der Waals surface area contributed by atoms with Crippen LogP contribution in [-0.4, -0.2) is 43.4 Å². The van der Waals surface area contributed by atoms with Crippen LogP contribution >= 0.6 is 0 Å². The highest BCUT2D eigenvalue weighted by atomic mass is 16.2. The van der Waals surface area contributed by atoms with Gasteiger partial charge in [-0.25, -0.2) is 9.97 Å². The maximum Gasteiger partial charge on any atom is 0.274 e. The zero-order chi connectivity index (χ0) is 15.5. The molecule has 3 heterocycles. The van der Waals surface area contributed by atoms with E-state index in [1.807, 2.05) is 31.1 Å². The van der Waals surface area contributed by atoms with Gasteiger partial charge in [-0.1, -0.05) is 0 Å². The van der Waals surface area contributed by atoms with Crippen molar-refractivity contribution in [1.82, 2.24) is 24.4 Å². The Labute approximate surface area is 130 Å². The number of aromatic nitrogens is 4. The van der Waals surface area contributed by atoms with Crippen molar-refractivity contribution in [2.24, 2.45) is 5.92 Å². The van der Waals surface area contributed by atoms with E-state index in [9.17, 15) is 4.79 Å². The summed E-state index contributed by atoms with van der Waals surface area (Å²) in [7, 11) is 0. The van der Waals surface area contributed by atoms with Crippen molar-refractivity contribution in [1.29, 1.82) is 0 Å². The van der Waals surface area contributed by atoms with Gasteiger partial charge in [-0.05, 0) is 32.6 Å². The van der Waals surface area contributed by atoms with Gasteiger partial charge in [-0.3, -0.25) is 9.78 Å². The van der Waals surface area contributed by atoms with Crippen molar-refractivity contribution in [2.75, 3.05) is 13.1 Å². The summed E-state index contributed by atoms with van der Waals surface area (Å²) in [6.45, 7) is 6.36. The van der Waals surface area contributed by atoms with Gasteiger partial charge < -0.3 is 9.47 Å². The number of carbonyl (C=O) groups excluding carboxylic acids is 1. The Bertz CT molecular complexity index is 649. The number of imidazole rings is 1. The zero-order valence-corrected chi connectivity index (χ0v) is 13.1. The van der Waals surface area contributed by atoms with Crippen LogP contribution in [-0.2, 0) is 6.54 Å². The summed E-state index contributed by atoms with van der Waals surface area (Å²) in [4.78, 5) is 27.1. The predicted octanol–water partition coefficient (Wildman–Crippen LogP) is 1.84. The lowest BCUT2D eigenvalue weighted by atomic mass is 9.97. The molecule has 0 spiro atoms. The lowest BCUT2D eigenvalue weighted by molar-refractivity contribution is 0.0655. The first-order valence-corrected chi connectivity index (χ1v) is 7.69. The fraction of sp³-hybridized carbons (Fsp3) is 0.500. The molecule has 1 aliphatic heterocycles. The van der Waals surface area contributed by atoms with Crippen molar-refractivity contribution in [3.63, 3.8) is 0 Å². The van der Waals surface area contributed by atoms with E-state index in [4.69, 9.17) is 0 Å². The molecular weight excluding hydrogens is 278 g/mol. The summed E-state index contributed by atoms with van der Waals surface area (Å²) in [5, 5.41) is 0. The normalized spacial score (nSPS) is 18.5. The molecule has 0 aliphatic carbocycles. The average Bonchev–Trinajstić information content (AvgIpc) is 2.93. The summed E-state index contributed by atoms with van der Waals surface area (Å²) < 4.78 is 2.16. The minimum atomic E-state index is -0.0143. The van der Waals surface area contributed by atoms with Gasteiger partial charge in [0.15, 0.2) is 0 Å². The Balaban J connectivity index is 1.66. The van der Waals surface area contributed by atoms with Gasteiger partial charge in [0.25, 0.3) is 5.91 Å². The van der Waals surface area contributed by atoms with Crippen LogP contribution in [0.3, 0.4) is 0 Å². The Morgan fingerprint density at radius 3 is 2.82 bits per heavy atom. The number of carbonyl (C=O) groups is 1. The van der Waals surface area contributed by atoms with Gasteiger partial charge in [0.2, 0.25) is 0 Å². The molecule has 2 aromatic rings. The molecule has 0 aromatic carbocycles. The molecule has 1 atom stereocenters. The van der Waals surface area contributed by atoms with Gasteiger partial charge in [-0.2, -0.15) is 0 Å². The van der Waals surface area contributed by atoms with Crippen molar-refractivity contribution in [3.05, 3.63) is 42.0 Å². The lowest BCUT2D eigenvalue weighted by Gasteiger charge is -2.32.